The fraction of sp³-hybridized carbons (Fsp3) is 0.591. The van der Waals surface area contributed by atoms with Crippen molar-refractivity contribution in [3.05, 3.63) is 35.4 Å². The summed E-state index contributed by atoms with van der Waals surface area (Å²) in [7, 11) is -1.33. The van der Waals surface area contributed by atoms with E-state index in [0.29, 0.717) is 18.7 Å². The van der Waals surface area contributed by atoms with E-state index < -0.39 is 31.7 Å². The standard InChI is InChI=1S/C22H35NO5Si/c1-16(24)18-10-8-9-17(13-18)15-23-19(14-20(25)28-22(2,3)4)21(26)27-11-12-29(5,6)7/h8-10,13,19,23H,11-12,14-15H2,1-7H3/t19-/m0/s1. The number of benzene rings is 1. The van der Waals surface area contributed by atoms with Gasteiger partial charge in [0.15, 0.2) is 5.78 Å². The van der Waals surface area contributed by atoms with E-state index in [0.717, 1.165) is 11.6 Å². The number of rotatable bonds is 10. The fourth-order valence-corrected chi connectivity index (χ4v) is 3.20. The molecule has 0 saturated carbocycles. The molecule has 0 radical (unpaired) electrons. The maximum absolute atomic E-state index is 12.6. The van der Waals surface area contributed by atoms with Crippen LogP contribution in [0.15, 0.2) is 24.3 Å². The molecule has 1 aromatic carbocycles. The minimum absolute atomic E-state index is 0.0251. The van der Waals surface area contributed by atoms with E-state index in [1.54, 1.807) is 39.0 Å². The molecule has 0 fully saturated rings. The summed E-state index contributed by atoms with van der Waals surface area (Å²) in [5.74, 6) is -0.950. The molecular formula is C22H35NO5Si. The van der Waals surface area contributed by atoms with E-state index in [2.05, 4.69) is 25.0 Å². The smallest absolute Gasteiger partial charge is 0.323 e. The van der Waals surface area contributed by atoms with Crippen LogP contribution in [0.3, 0.4) is 0 Å². The van der Waals surface area contributed by atoms with Gasteiger partial charge in [0.05, 0.1) is 13.0 Å². The molecule has 1 rings (SSSR count). The Bertz CT molecular complexity index is 719. The Kier molecular flexibility index (Phi) is 9.23. The van der Waals surface area contributed by atoms with Crippen molar-refractivity contribution in [2.24, 2.45) is 0 Å². The van der Waals surface area contributed by atoms with Gasteiger partial charge >= 0.3 is 11.9 Å². The van der Waals surface area contributed by atoms with E-state index in [-0.39, 0.29) is 12.2 Å². The van der Waals surface area contributed by atoms with Crippen LogP contribution in [0.5, 0.6) is 0 Å². The fourth-order valence-electron chi connectivity index (χ4n) is 2.49. The first-order valence-electron chi connectivity index (χ1n) is 9.98. The summed E-state index contributed by atoms with van der Waals surface area (Å²) in [6, 6.07) is 7.22. The largest absolute Gasteiger partial charge is 0.465 e. The maximum Gasteiger partial charge on any atom is 0.323 e. The first kappa shape index (κ1) is 25.0. The number of Topliss-reactive ketones (excluding diaryl/α,β-unsaturated/α-hetero) is 1. The highest BCUT2D eigenvalue weighted by molar-refractivity contribution is 6.76. The third kappa shape index (κ3) is 10.9. The number of ether oxygens (including phenoxy) is 2. The normalized spacial score (nSPS) is 12.9. The molecule has 6 nitrogen and oxygen atoms in total. The maximum atomic E-state index is 12.6. The summed E-state index contributed by atoms with van der Waals surface area (Å²) in [5, 5.41) is 3.09. The Balaban J connectivity index is 2.80. The number of nitrogens with one attached hydrogen (secondary N) is 1. The lowest BCUT2D eigenvalue weighted by molar-refractivity contribution is -0.159. The highest BCUT2D eigenvalue weighted by Crippen LogP contribution is 2.13. The van der Waals surface area contributed by atoms with Crippen LogP contribution < -0.4 is 5.32 Å². The van der Waals surface area contributed by atoms with Crippen molar-refractivity contribution in [2.45, 2.75) is 78.0 Å². The lowest BCUT2D eigenvalue weighted by Gasteiger charge is -2.23. The predicted molar refractivity (Wildman–Crippen MR) is 117 cm³/mol. The van der Waals surface area contributed by atoms with E-state index in [1.165, 1.54) is 6.92 Å². The van der Waals surface area contributed by atoms with E-state index in [1.807, 2.05) is 6.07 Å². The van der Waals surface area contributed by atoms with Gasteiger partial charge in [-0.3, -0.25) is 19.7 Å². The lowest BCUT2D eigenvalue weighted by atomic mass is 10.1. The second-order valence-corrected chi connectivity index (χ2v) is 15.1. The van der Waals surface area contributed by atoms with Crippen molar-refractivity contribution >= 4 is 25.8 Å². The van der Waals surface area contributed by atoms with E-state index >= 15 is 0 Å². The van der Waals surface area contributed by atoms with Crippen LogP contribution in [0.1, 0.15) is 50.0 Å². The van der Waals surface area contributed by atoms with Crippen LogP contribution in [-0.4, -0.2) is 44.0 Å². The Morgan fingerprint density at radius 2 is 1.79 bits per heavy atom. The van der Waals surface area contributed by atoms with Gasteiger partial charge in [-0.25, -0.2) is 0 Å². The zero-order valence-corrected chi connectivity index (χ0v) is 19.8. The Hall–Kier alpha value is -1.99. The van der Waals surface area contributed by atoms with Crippen LogP contribution >= 0.6 is 0 Å². The monoisotopic (exact) mass is 421 g/mol. The van der Waals surface area contributed by atoms with Crippen molar-refractivity contribution in [3.8, 4) is 0 Å². The van der Waals surface area contributed by atoms with E-state index in [4.69, 9.17) is 9.47 Å². The average molecular weight is 422 g/mol. The summed E-state index contributed by atoms with van der Waals surface area (Å²) in [5.41, 5.74) is 0.826. The minimum Gasteiger partial charge on any atom is -0.465 e. The molecule has 0 saturated heterocycles. The van der Waals surface area contributed by atoms with Crippen molar-refractivity contribution < 1.29 is 23.9 Å². The van der Waals surface area contributed by atoms with Gasteiger partial charge in [-0.05, 0) is 45.4 Å². The molecule has 162 valence electrons. The van der Waals surface area contributed by atoms with Crippen LogP contribution in [0.2, 0.25) is 25.7 Å². The first-order chi connectivity index (χ1) is 13.3. The van der Waals surface area contributed by atoms with E-state index in [9.17, 15) is 14.4 Å². The third-order valence-corrected chi connectivity index (χ3v) is 5.76. The van der Waals surface area contributed by atoms with Crippen molar-refractivity contribution in [1.82, 2.24) is 5.32 Å². The van der Waals surface area contributed by atoms with Gasteiger partial charge in [-0.1, -0.05) is 37.8 Å². The Morgan fingerprint density at radius 1 is 1.14 bits per heavy atom. The summed E-state index contributed by atoms with van der Waals surface area (Å²) in [6.07, 6.45) is -0.116. The summed E-state index contributed by atoms with van der Waals surface area (Å²) in [4.78, 5) is 36.4. The van der Waals surface area contributed by atoms with Crippen LogP contribution in [0.25, 0.3) is 0 Å². The van der Waals surface area contributed by atoms with Gasteiger partial charge in [-0.2, -0.15) is 0 Å². The number of carbonyl (C=O) groups excluding carboxylic acids is 3. The van der Waals surface area contributed by atoms with Crippen LogP contribution in [0.4, 0.5) is 0 Å². The zero-order valence-electron chi connectivity index (χ0n) is 18.8. The molecule has 0 aliphatic rings. The first-order valence-corrected chi connectivity index (χ1v) is 13.7. The van der Waals surface area contributed by atoms with Crippen molar-refractivity contribution in [2.75, 3.05) is 6.61 Å². The van der Waals surface area contributed by atoms with Gasteiger partial charge in [0.2, 0.25) is 0 Å². The Morgan fingerprint density at radius 3 is 2.34 bits per heavy atom. The van der Waals surface area contributed by atoms with Crippen LogP contribution in [-0.2, 0) is 25.6 Å². The number of esters is 2. The number of hydrogen-bond acceptors (Lipinski definition) is 6. The van der Waals surface area contributed by atoms with Crippen molar-refractivity contribution in [3.63, 3.8) is 0 Å². The molecule has 0 aromatic heterocycles. The Labute approximate surface area is 175 Å². The summed E-state index contributed by atoms with van der Waals surface area (Å²) < 4.78 is 10.8. The van der Waals surface area contributed by atoms with Crippen LogP contribution in [0, 0.1) is 0 Å². The lowest BCUT2D eigenvalue weighted by Crippen LogP contribution is -2.41. The number of carbonyl (C=O) groups is 3. The minimum atomic E-state index is -1.33. The SMILES string of the molecule is CC(=O)c1cccc(CN[C@@H](CC(=O)OC(C)(C)C)C(=O)OCC[Si](C)(C)C)c1. The molecule has 0 amide bonds. The highest BCUT2D eigenvalue weighted by Gasteiger charge is 2.27. The molecule has 0 bridgehead atoms. The molecule has 1 atom stereocenters. The molecule has 7 heteroatoms. The molecule has 1 aromatic rings. The second-order valence-electron chi connectivity index (χ2n) is 9.46. The molecule has 0 unspecified atom stereocenters. The molecule has 1 N–H and O–H groups in total. The number of ketones is 1. The summed E-state index contributed by atoms with van der Waals surface area (Å²) in [6.45, 7) is 14.2. The van der Waals surface area contributed by atoms with Crippen molar-refractivity contribution in [1.29, 1.82) is 0 Å². The van der Waals surface area contributed by atoms with Gasteiger partial charge in [-0.15, -0.1) is 0 Å². The molecule has 0 spiro atoms. The third-order valence-electron chi connectivity index (χ3n) is 4.06. The molecule has 0 aliphatic heterocycles. The molecule has 0 heterocycles. The average Bonchev–Trinajstić information content (AvgIpc) is 2.55. The number of hydrogen-bond donors (Lipinski definition) is 1. The topological polar surface area (TPSA) is 81.7 Å². The predicted octanol–water partition coefficient (Wildman–Crippen LogP) is 3.96. The van der Waals surface area contributed by atoms with Gasteiger partial charge < -0.3 is 9.47 Å². The zero-order chi connectivity index (χ0) is 22.2. The highest BCUT2D eigenvalue weighted by atomic mass is 28.3. The van der Waals surface area contributed by atoms with Gasteiger partial charge in [0, 0.05) is 20.2 Å². The van der Waals surface area contributed by atoms with Gasteiger partial charge in [0.25, 0.3) is 0 Å². The quantitative estimate of drug-likeness (QED) is 0.350. The second kappa shape index (κ2) is 10.7. The molecule has 29 heavy (non-hydrogen) atoms. The summed E-state index contributed by atoms with van der Waals surface area (Å²) >= 11 is 0. The van der Waals surface area contributed by atoms with Gasteiger partial charge in [0.1, 0.15) is 11.6 Å². The molecular weight excluding hydrogens is 386 g/mol. The molecule has 0 aliphatic carbocycles.